The van der Waals surface area contributed by atoms with Crippen LogP contribution in [0.5, 0.6) is 0 Å². The first-order valence-corrected chi connectivity index (χ1v) is 4.63. The number of hydrogen-bond acceptors (Lipinski definition) is 3. The van der Waals surface area contributed by atoms with E-state index in [1.165, 1.54) is 6.07 Å². The van der Waals surface area contributed by atoms with Crippen molar-refractivity contribution >= 4 is 11.9 Å². The zero-order valence-electron chi connectivity index (χ0n) is 8.43. The van der Waals surface area contributed by atoms with Gasteiger partial charge < -0.3 is 10.4 Å². The van der Waals surface area contributed by atoms with Gasteiger partial charge in [-0.25, -0.2) is 0 Å². The molecule has 0 spiro atoms. The van der Waals surface area contributed by atoms with Gasteiger partial charge in [-0.3, -0.25) is 9.59 Å². The van der Waals surface area contributed by atoms with E-state index in [1.807, 2.05) is 6.07 Å². The van der Waals surface area contributed by atoms with E-state index in [-0.39, 0.29) is 18.9 Å². The van der Waals surface area contributed by atoms with Crippen LogP contribution in [-0.2, 0) is 4.79 Å². The summed E-state index contributed by atoms with van der Waals surface area (Å²) >= 11 is 0. The maximum atomic E-state index is 11.5. The van der Waals surface area contributed by atoms with Crippen molar-refractivity contribution < 1.29 is 14.7 Å². The lowest BCUT2D eigenvalue weighted by molar-refractivity contribution is -0.136. The van der Waals surface area contributed by atoms with Crippen LogP contribution < -0.4 is 5.32 Å². The minimum atomic E-state index is -0.967. The van der Waals surface area contributed by atoms with Crippen LogP contribution in [0.1, 0.15) is 22.3 Å². The fourth-order valence-corrected chi connectivity index (χ4v) is 1.12. The van der Waals surface area contributed by atoms with Crippen LogP contribution in [0.3, 0.4) is 0 Å². The van der Waals surface area contributed by atoms with Crippen LogP contribution in [0.4, 0.5) is 0 Å². The van der Waals surface area contributed by atoms with Gasteiger partial charge in [0.25, 0.3) is 5.91 Å². The second-order valence-electron chi connectivity index (χ2n) is 3.09. The first kappa shape index (κ1) is 11.7. The van der Waals surface area contributed by atoms with Gasteiger partial charge >= 0.3 is 5.97 Å². The Balaban J connectivity index is 2.59. The van der Waals surface area contributed by atoms with Gasteiger partial charge in [-0.05, 0) is 18.2 Å². The van der Waals surface area contributed by atoms with E-state index in [2.05, 4.69) is 5.32 Å². The van der Waals surface area contributed by atoms with Gasteiger partial charge in [-0.1, -0.05) is 6.07 Å². The summed E-state index contributed by atoms with van der Waals surface area (Å²) in [5, 5.41) is 19.5. The average molecular weight is 218 g/mol. The van der Waals surface area contributed by atoms with Gasteiger partial charge in [0.05, 0.1) is 18.1 Å². The zero-order chi connectivity index (χ0) is 12.0. The second kappa shape index (κ2) is 5.51. The Morgan fingerprint density at radius 2 is 2.19 bits per heavy atom. The number of hydrogen-bond donors (Lipinski definition) is 2. The number of rotatable bonds is 4. The fraction of sp³-hybridized carbons (Fsp3) is 0.182. The molecule has 0 heterocycles. The Kier molecular flexibility index (Phi) is 4.04. The van der Waals surface area contributed by atoms with Crippen LogP contribution in [-0.4, -0.2) is 23.5 Å². The van der Waals surface area contributed by atoms with E-state index in [0.717, 1.165) is 0 Å². The monoisotopic (exact) mass is 218 g/mol. The van der Waals surface area contributed by atoms with E-state index < -0.39 is 5.97 Å². The molecule has 1 amide bonds. The number of aliphatic carboxylic acids is 1. The number of nitriles is 1. The number of carboxylic acid groups (broad SMARTS) is 1. The highest BCUT2D eigenvalue weighted by molar-refractivity contribution is 5.94. The topological polar surface area (TPSA) is 90.2 Å². The Bertz CT molecular complexity index is 449. The number of carboxylic acids is 1. The van der Waals surface area contributed by atoms with Gasteiger partial charge in [0, 0.05) is 12.1 Å². The van der Waals surface area contributed by atoms with Gasteiger partial charge in [-0.15, -0.1) is 0 Å². The first-order chi connectivity index (χ1) is 7.63. The van der Waals surface area contributed by atoms with E-state index in [9.17, 15) is 9.59 Å². The summed E-state index contributed by atoms with van der Waals surface area (Å²) < 4.78 is 0. The summed E-state index contributed by atoms with van der Waals surface area (Å²) in [6.45, 7) is 0.0744. The molecule has 0 radical (unpaired) electrons. The molecule has 5 heteroatoms. The van der Waals surface area contributed by atoms with Gasteiger partial charge in [0.15, 0.2) is 0 Å². The largest absolute Gasteiger partial charge is 0.481 e. The molecule has 82 valence electrons. The first-order valence-electron chi connectivity index (χ1n) is 4.63. The predicted octanol–water partition coefficient (Wildman–Crippen LogP) is 0.763. The molecule has 0 aliphatic heterocycles. The second-order valence-corrected chi connectivity index (χ2v) is 3.09. The van der Waals surface area contributed by atoms with Gasteiger partial charge in [-0.2, -0.15) is 5.26 Å². The van der Waals surface area contributed by atoms with Crippen molar-refractivity contribution in [3.8, 4) is 6.07 Å². The summed E-state index contributed by atoms with van der Waals surface area (Å²) in [5.41, 5.74) is 0.746. The van der Waals surface area contributed by atoms with Crippen LogP contribution in [0.25, 0.3) is 0 Å². The normalized spacial score (nSPS) is 9.19. The molecule has 1 rings (SSSR count). The third-order valence-electron chi connectivity index (χ3n) is 1.88. The SMILES string of the molecule is N#Cc1cccc(C(=O)NCCC(=O)O)c1. The van der Waals surface area contributed by atoms with Crippen LogP contribution in [0.15, 0.2) is 24.3 Å². The van der Waals surface area contributed by atoms with Crippen LogP contribution >= 0.6 is 0 Å². The lowest BCUT2D eigenvalue weighted by Gasteiger charge is -2.03. The number of amides is 1. The Morgan fingerprint density at radius 1 is 1.44 bits per heavy atom. The molecule has 1 aromatic rings. The molecule has 0 aromatic heterocycles. The third kappa shape index (κ3) is 3.42. The highest BCUT2D eigenvalue weighted by atomic mass is 16.4. The maximum Gasteiger partial charge on any atom is 0.305 e. The summed E-state index contributed by atoms with van der Waals surface area (Å²) in [4.78, 5) is 21.7. The Labute approximate surface area is 92.3 Å². The molecule has 0 saturated carbocycles. The van der Waals surface area contributed by atoms with Crippen molar-refractivity contribution in [3.63, 3.8) is 0 Å². The van der Waals surface area contributed by atoms with Crippen LogP contribution in [0.2, 0.25) is 0 Å². The van der Waals surface area contributed by atoms with Crippen molar-refractivity contribution in [2.45, 2.75) is 6.42 Å². The predicted molar refractivity (Wildman–Crippen MR) is 55.7 cm³/mol. The summed E-state index contributed by atoms with van der Waals surface area (Å²) in [6.07, 6.45) is -0.121. The highest BCUT2D eigenvalue weighted by Gasteiger charge is 2.06. The number of benzene rings is 1. The Morgan fingerprint density at radius 3 is 2.81 bits per heavy atom. The number of nitrogens with zero attached hydrogens (tertiary/aromatic N) is 1. The average Bonchev–Trinajstić information content (AvgIpc) is 2.28. The Hall–Kier alpha value is -2.35. The molecule has 1 aromatic carbocycles. The number of carbonyl (C=O) groups is 2. The lowest BCUT2D eigenvalue weighted by atomic mass is 10.1. The molecule has 2 N–H and O–H groups in total. The molecule has 16 heavy (non-hydrogen) atoms. The van der Waals surface area contributed by atoms with Crippen molar-refractivity contribution in [1.29, 1.82) is 5.26 Å². The fourth-order valence-electron chi connectivity index (χ4n) is 1.12. The van der Waals surface area contributed by atoms with Crippen molar-refractivity contribution in [2.24, 2.45) is 0 Å². The molecule has 5 nitrogen and oxygen atoms in total. The summed E-state index contributed by atoms with van der Waals surface area (Å²) in [5.74, 6) is -1.34. The molecule has 0 atom stereocenters. The molecule has 0 saturated heterocycles. The lowest BCUT2D eigenvalue weighted by Crippen LogP contribution is -2.25. The molecule has 0 aliphatic carbocycles. The summed E-state index contributed by atoms with van der Waals surface area (Å²) in [6, 6.07) is 8.14. The molecule has 0 bridgehead atoms. The molecule has 0 unspecified atom stereocenters. The molecule has 0 fully saturated rings. The quantitative estimate of drug-likeness (QED) is 0.780. The van der Waals surface area contributed by atoms with Gasteiger partial charge in [0.2, 0.25) is 0 Å². The number of nitrogens with one attached hydrogen (secondary N) is 1. The van der Waals surface area contributed by atoms with Crippen LogP contribution in [0, 0.1) is 11.3 Å². The van der Waals surface area contributed by atoms with E-state index in [1.54, 1.807) is 18.2 Å². The molecular weight excluding hydrogens is 208 g/mol. The molecular formula is C11H10N2O3. The van der Waals surface area contributed by atoms with Crippen molar-refractivity contribution in [2.75, 3.05) is 6.54 Å². The van der Waals surface area contributed by atoms with E-state index in [0.29, 0.717) is 11.1 Å². The van der Waals surface area contributed by atoms with Crippen molar-refractivity contribution in [1.82, 2.24) is 5.32 Å². The minimum Gasteiger partial charge on any atom is -0.481 e. The maximum absolute atomic E-state index is 11.5. The van der Waals surface area contributed by atoms with Crippen molar-refractivity contribution in [3.05, 3.63) is 35.4 Å². The smallest absolute Gasteiger partial charge is 0.305 e. The molecule has 0 aliphatic rings. The third-order valence-corrected chi connectivity index (χ3v) is 1.88. The zero-order valence-corrected chi connectivity index (χ0v) is 8.43. The number of carbonyl (C=O) groups excluding carboxylic acids is 1. The summed E-state index contributed by atoms with van der Waals surface area (Å²) in [7, 11) is 0. The minimum absolute atomic E-state index is 0.0744. The van der Waals surface area contributed by atoms with Gasteiger partial charge in [0.1, 0.15) is 0 Å². The van der Waals surface area contributed by atoms with E-state index >= 15 is 0 Å². The standard InChI is InChI=1S/C11H10N2O3/c12-7-8-2-1-3-9(6-8)11(16)13-5-4-10(14)15/h1-3,6H,4-5H2,(H,13,16)(H,14,15). The van der Waals surface area contributed by atoms with E-state index in [4.69, 9.17) is 10.4 Å². The highest BCUT2D eigenvalue weighted by Crippen LogP contribution is 2.03.